The molecule has 0 radical (unpaired) electrons. The van der Waals surface area contributed by atoms with Gasteiger partial charge in [0.15, 0.2) is 5.76 Å². The van der Waals surface area contributed by atoms with E-state index in [1.807, 2.05) is 42.3 Å². The Morgan fingerprint density at radius 3 is 2.76 bits per heavy atom. The summed E-state index contributed by atoms with van der Waals surface area (Å²) in [7, 11) is 0. The maximum Gasteiger partial charge on any atom is 0.339 e. The molecule has 3 rings (SSSR count). The molecule has 1 aromatic carbocycles. The number of hydrogen-bond acceptors (Lipinski definition) is 4. The summed E-state index contributed by atoms with van der Waals surface area (Å²) in [5, 5.41) is 1.96. The van der Waals surface area contributed by atoms with Crippen molar-refractivity contribution >= 4 is 11.7 Å². The van der Waals surface area contributed by atoms with Gasteiger partial charge in [-0.2, -0.15) is 0 Å². The molecule has 0 aromatic heterocycles. The molecule has 0 bridgehead atoms. The van der Waals surface area contributed by atoms with Gasteiger partial charge in [-0.15, -0.1) is 5.06 Å². The summed E-state index contributed by atoms with van der Waals surface area (Å²) in [6.07, 6.45) is 1.92. The maximum absolute atomic E-state index is 12.4. The van der Waals surface area contributed by atoms with Crippen molar-refractivity contribution in [2.24, 2.45) is 0 Å². The number of rotatable bonds is 3. The van der Waals surface area contributed by atoms with Crippen molar-refractivity contribution in [3.05, 3.63) is 41.5 Å². The van der Waals surface area contributed by atoms with Crippen LogP contribution in [0.1, 0.15) is 39.2 Å². The number of carbonyl (C=O) groups is 1. The Morgan fingerprint density at radius 2 is 2.10 bits per heavy atom. The van der Waals surface area contributed by atoms with Crippen molar-refractivity contribution in [3.8, 4) is 0 Å². The van der Waals surface area contributed by atoms with E-state index in [4.69, 9.17) is 9.57 Å². The van der Waals surface area contributed by atoms with Gasteiger partial charge in [-0.25, -0.2) is 4.79 Å². The summed E-state index contributed by atoms with van der Waals surface area (Å²) >= 11 is 0. The van der Waals surface area contributed by atoms with E-state index in [0.717, 1.165) is 18.4 Å². The lowest BCUT2D eigenvalue weighted by atomic mass is 9.99. The van der Waals surface area contributed by atoms with Crippen molar-refractivity contribution in [3.63, 3.8) is 0 Å². The summed E-state index contributed by atoms with van der Waals surface area (Å²) in [5.41, 5.74) is 1.51. The van der Waals surface area contributed by atoms with Gasteiger partial charge in [0, 0.05) is 5.56 Å². The topological polar surface area (TPSA) is 38.8 Å². The molecule has 4 nitrogen and oxygen atoms in total. The van der Waals surface area contributed by atoms with E-state index in [9.17, 15) is 4.79 Å². The number of hydrogen-bond donors (Lipinski definition) is 0. The molecule has 0 amide bonds. The van der Waals surface area contributed by atoms with Crippen molar-refractivity contribution < 1.29 is 14.4 Å². The van der Waals surface area contributed by atoms with Crippen molar-refractivity contribution in [1.82, 2.24) is 5.06 Å². The van der Waals surface area contributed by atoms with Gasteiger partial charge in [0.05, 0.1) is 18.2 Å². The minimum absolute atomic E-state index is 0.00532. The summed E-state index contributed by atoms with van der Waals surface area (Å²) in [5.74, 6) is 0.383. The minimum Gasteiger partial charge on any atom is -0.462 e. The molecule has 2 aliphatic heterocycles. The first-order chi connectivity index (χ1) is 10.0. The molecule has 1 saturated heterocycles. The molecule has 2 heterocycles. The monoisotopic (exact) mass is 287 g/mol. The predicted molar refractivity (Wildman–Crippen MR) is 80.0 cm³/mol. The number of nitrogens with zero attached hydrogens (tertiary/aromatic N) is 1. The van der Waals surface area contributed by atoms with Gasteiger partial charge in [0.25, 0.3) is 0 Å². The lowest BCUT2D eigenvalue weighted by molar-refractivity contribution is -0.143. The highest BCUT2D eigenvalue weighted by Gasteiger charge is 2.51. The molecule has 1 aromatic rings. The number of carbonyl (C=O) groups excluding carboxylic acids is 1. The molecule has 0 N–H and O–H groups in total. The molecule has 21 heavy (non-hydrogen) atoms. The van der Waals surface area contributed by atoms with Crippen LogP contribution < -0.4 is 0 Å². The van der Waals surface area contributed by atoms with Gasteiger partial charge in [-0.3, -0.25) is 0 Å². The number of esters is 1. The lowest BCUT2D eigenvalue weighted by Crippen LogP contribution is -2.40. The molecule has 1 atom stereocenters. The Morgan fingerprint density at radius 1 is 1.38 bits per heavy atom. The normalized spacial score (nSPS) is 23.9. The molecule has 0 spiro atoms. The molecule has 112 valence electrons. The van der Waals surface area contributed by atoms with Crippen LogP contribution in [0, 0.1) is 0 Å². The van der Waals surface area contributed by atoms with Crippen LogP contribution >= 0.6 is 0 Å². The number of benzene rings is 1. The van der Waals surface area contributed by atoms with Crippen LogP contribution in [-0.4, -0.2) is 29.2 Å². The van der Waals surface area contributed by atoms with E-state index in [2.05, 4.69) is 13.8 Å². The van der Waals surface area contributed by atoms with E-state index in [-0.39, 0.29) is 17.6 Å². The first-order valence-electron chi connectivity index (χ1n) is 7.48. The summed E-state index contributed by atoms with van der Waals surface area (Å²) in [6.45, 7) is 6.49. The SMILES string of the molecule is CCOC(=O)C1=C(c2ccccc2)ON2C1CCC2(C)C. The molecule has 1 unspecified atom stereocenters. The fourth-order valence-corrected chi connectivity index (χ4v) is 3.12. The highest BCUT2D eigenvalue weighted by atomic mass is 16.7. The Kier molecular flexibility index (Phi) is 3.49. The molecular weight excluding hydrogens is 266 g/mol. The largest absolute Gasteiger partial charge is 0.462 e. The van der Waals surface area contributed by atoms with Crippen LogP contribution in [0.5, 0.6) is 0 Å². The van der Waals surface area contributed by atoms with Gasteiger partial charge >= 0.3 is 5.97 Å². The summed E-state index contributed by atoms with van der Waals surface area (Å²) in [4.78, 5) is 18.5. The molecule has 1 fully saturated rings. The highest BCUT2D eigenvalue weighted by Crippen LogP contribution is 2.46. The zero-order valence-corrected chi connectivity index (χ0v) is 12.8. The minimum atomic E-state index is -0.262. The predicted octanol–water partition coefficient (Wildman–Crippen LogP) is 3.15. The van der Waals surface area contributed by atoms with E-state index in [1.54, 1.807) is 0 Å². The van der Waals surface area contributed by atoms with E-state index >= 15 is 0 Å². The van der Waals surface area contributed by atoms with Crippen LogP contribution in [0.3, 0.4) is 0 Å². The number of ether oxygens (including phenoxy) is 1. The van der Waals surface area contributed by atoms with Crippen LogP contribution in [0.15, 0.2) is 35.9 Å². The van der Waals surface area contributed by atoms with E-state index < -0.39 is 0 Å². The quantitative estimate of drug-likeness (QED) is 0.801. The van der Waals surface area contributed by atoms with Crippen molar-refractivity contribution in [2.75, 3.05) is 6.61 Å². The Balaban J connectivity index is 2.03. The fraction of sp³-hybridized carbons (Fsp3) is 0.471. The first kappa shape index (κ1) is 14.1. The van der Waals surface area contributed by atoms with Gasteiger partial charge < -0.3 is 9.57 Å². The molecule has 0 aliphatic carbocycles. The van der Waals surface area contributed by atoms with Crippen LogP contribution in [-0.2, 0) is 14.4 Å². The Labute approximate surface area is 125 Å². The Bertz CT molecular complexity index is 577. The smallest absolute Gasteiger partial charge is 0.339 e. The van der Waals surface area contributed by atoms with Gasteiger partial charge in [-0.1, -0.05) is 30.3 Å². The number of hydroxylamine groups is 2. The third-order valence-corrected chi connectivity index (χ3v) is 4.21. The summed E-state index contributed by atoms with van der Waals surface area (Å²) in [6, 6.07) is 9.77. The second kappa shape index (κ2) is 5.19. The van der Waals surface area contributed by atoms with E-state index in [0.29, 0.717) is 17.9 Å². The zero-order valence-electron chi connectivity index (χ0n) is 12.8. The lowest BCUT2D eigenvalue weighted by Gasteiger charge is -2.29. The van der Waals surface area contributed by atoms with Crippen LogP contribution in [0.25, 0.3) is 5.76 Å². The van der Waals surface area contributed by atoms with Crippen molar-refractivity contribution in [2.45, 2.75) is 45.2 Å². The third kappa shape index (κ3) is 2.33. The van der Waals surface area contributed by atoms with Gasteiger partial charge in [0.1, 0.15) is 5.57 Å². The first-order valence-corrected chi connectivity index (χ1v) is 7.48. The standard InChI is InChI=1S/C17H21NO3/c1-4-20-16(19)14-13-10-11-17(2,3)18(13)21-15(14)12-8-6-5-7-9-12/h5-9,13H,4,10-11H2,1-3H3. The zero-order chi connectivity index (χ0) is 15.0. The Hall–Kier alpha value is -1.81. The van der Waals surface area contributed by atoms with Crippen LogP contribution in [0.4, 0.5) is 0 Å². The van der Waals surface area contributed by atoms with E-state index in [1.165, 1.54) is 0 Å². The van der Waals surface area contributed by atoms with Gasteiger partial charge in [-0.05, 0) is 33.6 Å². The summed E-state index contributed by atoms with van der Waals surface area (Å²) < 4.78 is 5.25. The average Bonchev–Trinajstić information content (AvgIpc) is 2.98. The van der Waals surface area contributed by atoms with Gasteiger partial charge in [0.2, 0.25) is 0 Å². The van der Waals surface area contributed by atoms with Crippen molar-refractivity contribution in [1.29, 1.82) is 0 Å². The second-order valence-electron chi connectivity index (χ2n) is 6.11. The molecule has 2 aliphatic rings. The fourth-order valence-electron chi connectivity index (χ4n) is 3.12. The molecule has 4 heteroatoms. The average molecular weight is 287 g/mol. The molecular formula is C17H21NO3. The molecule has 0 saturated carbocycles. The van der Waals surface area contributed by atoms with Crippen LogP contribution in [0.2, 0.25) is 0 Å². The second-order valence-corrected chi connectivity index (χ2v) is 6.11. The number of fused-ring (bicyclic) bond motifs is 1. The third-order valence-electron chi connectivity index (χ3n) is 4.21. The maximum atomic E-state index is 12.4. The highest BCUT2D eigenvalue weighted by molar-refractivity contribution is 5.98.